The number of ether oxygens (including phenoxy) is 2. The van der Waals surface area contributed by atoms with Gasteiger partial charge in [0.1, 0.15) is 11.5 Å². The van der Waals surface area contributed by atoms with Crippen LogP contribution in [-0.4, -0.2) is 35.9 Å². The number of nitrogens with two attached hydrogens (primary N) is 1. The number of carboxylic acid groups (broad SMARTS) is 1. The Hall–Kier alpha value is -3.76. The summed E-state index contributed by atoms with van der Waals surface area (Å²) >= 11 is 0. The molecule has 2 aromatic rings. The van der Waals surface area contributed by atoms with Crippen molar-refractivity contribution in [2.24, 2.45) is 5.73 Å². The van der Waals surface area contributed by atoms with Gasteiger partial charge in [-0.1, -0.05) is 0 Å². The SMILES string of the molecule is NC(=O)c1ccc(OCC(=O)O)c(C(=O)Nc2ccc(OC(F)(F)F)cc2)c1. The minimum absolute atomic E-state index is 0.0262. The lowest BCUT2D eigenvalue weighted by Crippen LogP contribution is -2.19. The number of benzene rings is 2. The molecule has 2 rings (SSSR count). The third-order valence-electron chi connectivity index (χ3n) is 3.21. The molecule has 0 heterocycles. The fraction of sp³-hybridized carbons (Fsp3) is 0.118. The van der Waals surface area contributed by atoms with Crippen LogP contribution in [0.15, 0.2) is 42.5 Å². The summed E-state index contributed by atoms with van der Waals surface area (Å²) in [5, 5.41) is 11.1. The summed E-state index contributed by atoms with van der Waals surface area (Å²) in [6.45, 7) is -0.736. The zero-order valence-electron chi connectivity index (χ0n) is 13.9. The number of amides is 2. The first kappa shape index (κ1) is 20.6. The number of hydrogen-bond donors (Lipinski definition) is 3. The highest BCUT2D eigenvalue weighted by Crippen LogP contribution is 2.25. The Balaban J connectivity index is 2.22. The number of hydrogen-bond acceptors (Lipinski definition) is 5. The Kier molecular flexibility index (Phi) is 6.08. The zero-order valence-corrected chi connectivity index (χ0v) is 13.9. The Morgan fingerprint density at radius 1 is 1.07 bits per heavy atom. The molecule has 11 heteroatoms. The number of aliphatic carboxylic acids is 1. The molecule has 2 amide bonds. The molecule has 0 aliphatic rings. The molecular formula is C17H13F3N2O6. The third-order valence-corrected chi connectivity index (χ3v) is 3.21. The zero-order chi connectivity index (χ0) is 20.9. The standard InChI is InChI=1S/C17H13F3N2O6/c18-17(19,20)28-11-4-2-10(3-5-11)22-16(26)12-7-9(15(21)25)1-6-13(12)27-8-14(23)24/h1-7H,8H2,(H2,21,25)(H,22,26)(H,23,24). The molecule has 0 fully saturated rings. The van der Waals surface area contributed by atoms with Gasteiger partial charge in [0.2, 0.25) is 5.91 Å². The number of halogens is 3. The van der Waals surface area contributed by atoms with Gasteiger partial charge < -0.3 is 25.6 Å². The van der Waals surface area contributed by atoms with Gasteiger partial charge in [-0.3, -0.25) is 9.59 Å². The van der Waals surface area contributed by atoms with Crippen molar-refractivity contribution in [2.75, 3.05) is 11.9 Å². The highest BCUT2D eigenvalue weighted by Gasteiger charge is 2.31. The second-order valence-corrected chi connectivity index (χ2v) is 5.28. The van der Waals surface area contributed by atoms with Crippen LogP contribution < -0.4 is 20.5 Å². The lowest BCUT2D eigenvalue weighted by atomic mass is 10.1. The first-order valence-corrected chi connectivity index (χ1v) is 7.51. The number of primary amides is 1. The van der Waals surface area contributed by atoms with E-state index in [0.717, 1.165) is 30.3 Å². The highest BCUT2D eigenvalue weighted by molar-refractivity contribution is 6.08. The molecule has 148 valence electrons. The lowest BCUT2D eigenvalue weighted by molar-refractivity contribution is -0.274. The van der Waals surface area contributed by atoms with E-state index in [1.165, 1.54) is 12.1 Å². The van der Waals surface area contributed by atoms with Gasteiger partial charge in [0.05, 0.1) is 5.56 Å². The lowest BCUT2D eigenvalue weighted by Gasteiger charge is -2.12. The van der Waals surface area contributed by atoms with E-state index in [2.05, 4.69) is 10.1 Å². The van der Waals surface area contributed by atoms with Crippen LogP contribution >= 0.6 is 0 Å². The quantitative estimate of drug-likeness (QED) is 0.657. The van der Waals surface area contributed by atoms with E-state index in [1.54, 1.807) is 0 Å². The van der Waals surface area contributed by atoms with E-state index < -0.39 is 36.5 Å². The topological polar surface area (TPSA) is 128 Å². The number of nitrogens with one attached hydrogen (secondary N) is 1. The molecule has 0 aromatic heterocycles. The number of carboxylic acids is 1. The van der Waals surface area contributed by atoms with Crippen LogP contribution in [0.1, 0.15) is 20.7 Å². The van der Waals surface area contributed by atoms with Crippen molar-refractivity contribution in [3.63, 3.8) is 0 Å². The molecule has 0 atom stereocenters. The first-order valence-electron chi connectivity index (χ1n) is 7.51. The molecule has 0 aliphatic carbocycles. The molecule has 8 nitrogen and oxygen atoms in total. The summed E-state index contributed by atoms with van der Waals surface area (Å²) in [5.74, 6) is -3.51. The Morgan fingerprint density at radius 2 is 1.71 bits per heavy atom. The molecule has 4 N–H and O–H groups in total. The van der Waals surface area contributed by atoms with Gasteiger partial charge in [-0.15, -0.1) is 13.2 Å². The van der Waals surface area contributed by atoms with Crippen LogP contribution in [0.4, 0.5) is 18.9 Å². The predicted octanol–water partition coefficient (Wildman–Crippen LogP) is 2.40. The van der Waals surface area contributed by atoms with E-state index >= 15 is 0 Å². The molecule has 0 saturated heterocycles. The van der Waals surface area contributed by atoms with E-state index in [4.69, 9.17) is 15.6 Å². The second kappa shape index (κ2) is 8.29. The third kappa shape index (κ3) is 5.90. The minimum atomic E-state index is -4.85. The normalized spacial score (nSPS) is 10.8. The molecule has 0 aliphatic heterocycles. The number of carbonyl (C=O) groups is 3. The van der Waals surface area contributed by atoms with Crippen LogP contribution in [-0.2, 0) is 4.79 Å². The first-order chi connectivity index (χ1) is 13.0. The summed E-state index contributed by atoms with van der Waals surface area (Å²) in [7, 11) is 0. The minimum Gasteiger partial charge on any atom is -0.481 e. The monoisotopic (exact) mass is 398 g/mol. The maximum Gasteiger partial charge on any atom is 0.573 e. The van der Waals surface area contributed by atoms with Gasteiger partial charge in [-0.05, 0) is 42.5 Å². The van der Waals surface area contributed by atoms with E-state index in [0.29, 0.717) is 0 Å². The van der Waals surface area contributed by atoms with Crippen LogP contribution in [0, 0.1) is 0 Å². The van der Waals surface area contributed by atoms with E-state index in [-0.39, 0.29) is 22.6 Å². The van der Waals surface area contributed by atoms with Crippen molar-refractivity contribution in [3.05, 3.63) is 53.6 Å². The maximum absolute atomic E-state index is 12.5. The van der Waals surface area contributed by atoms with Crippen molar-refractivity contribution in [2.45, 2.75) is 6.36 Å². The van der Waals surface area contributed by atoms with Gasteiger partial charge in [0.15, 0.2) is 6.61 Å². The number of carbonyl (C=O) groups excluding carboxylic acids is 2. The number of anilines is 1. The Labute approximate surface area is 155 Å². The molecule has 0 unspecified atom stereocenters. The van der Waals surface area contributed by atoms with Crippen molar-refractivity contribution >= 4 is 23.5 Å². The summed E-state index contributed by atoms with van der Waals surface area (Å²) < 4.78 is 45.2. The van der Waals surface area contributed by atoms with Crippen LogP contribution in [0.2, 0.25) is 0 Å². The molecule has 28 heavy (non-hydrogen) atoms. The van der Waals surface area contributed by atoms with Crippen molar-refractivity contribution in [1.29, 1.82) is 0 Å². The highest BCUT2D eigenvalue weighted by atomic mass is 19.4. The molecular weight excluding hydrogens is 385 g/mol. The number of rotatable bonds is 7. The molecule has 0 saturated carbocycles. The summed E-state index contributed by atoms with van der Waals surface area (Å²) in [6.07, 6.45) is -4.85. The maximum atomic E-state index is 12.5. The van der Waals surface area contributed by atoms with Crippen LogP contribution in [0.3, 0.4) is 0 Å². The van der Waals surface area contributed by atoms with Crippen LogP contribution in [0.5, 0.6) is 11.5 Å². The van der Waals surface area contributed by atoms with Crippen molar-refractivity contribution in [1.82, 2.24) is 0 Å². The molecule has 0 bridgehead atoms. The average Bonchev–Trinajstić information content (AvgIpc) is 2.60. The number of alkyl halides is 3. The van der Waals surface area contributed by atoms with Crippen molar-refractivity contribution in [3.8, 4) is 11.5 Å². The summed E-state index contributed by atoms with van der Waals surface area (Å²) in [4.78, 5) is 34.4. The summed E-state index contributed by atoms with van der Waals surface area (Å²) in [5.41, 5.74) is 5.07. The summed E-state index contributed by atoms with van der Waals surface area (Å²) in [6, 6.07) is 7.87. The van der Waals surface area contributed by atoms with Gasteiger partial charge in [0.25, 0.3) is 5.91 Å². The fourth-order valence-electron chi connectivity index (χ4n) is 2.06. The van der Waals surface area contributed by atoms with Gasteiger partial charge >= 0.3 is 12.3 Å². The largest absolute Gasteiger partial charge is 0.573 e. The smallest absolute Gasteiger partial charge is 0.481 e. The fourth-order valence-corrected chi connectivity index (χ4v) is 2.06. The van der Waals surface area contributed by atoms with E-state index in [1.807, 2.05) is 0 Å². The average molecular weight is 398 g/mol. The molecule has 0 spiro atoms. The Bertz CT molecular complexity index is 897. The molecule has 2 aromatic carbocycles. The predicted molar refractivity (Wildman–Crippen MR) is 89.2 cm³/mol. The van der Waals surface area contributed by atoms with Crippen molar-refractivity contribution < 1.29 is 42.1 Å². The van der Waals surface area contributed by atoms with Crippen LogP contribution in [0.25, 0.3) is 0 Å². The van der Waals surface area contributed by atoms with Gasteiger partial charge in [-0.25, -0.2) is 4.79 Å². The van der Waals surface area contributed by atoms with E-state index in [9.17, 15) is 27.6 Å². The Morgan fingerprint density at radius 3 is 2.25 bits per heavy atom. The molecule has 0 radical (unpaired) electrons. The van der Waals surface area contributed by atoms with Gasteiger partial charge in [0, 0.05) is 11.3 Å². The second-order valence-electron chi connectivity index (χ2n) is 5.28. The van der Waals surface area contributed by atoms with Gasteiger partial charge in [-0.2, -0.15) is 0 Å².